The molecule has 0 spiro atoms. The van der Waals surface area contributed by atoms with Crippen LogP contribution in [0.2, 0.25) is 0 Å². The molecule has 0 unspecified atom stereocenters. The first-order valence-corrected chi connectivity index (χ1v) is 5.56. The van der Waals surface area contributed by atoms with Gasteiger partial charge in [0.25, 0.3) is 0 Å². The molecule has 16 heavy (non-hydrogen) atoms. The number of carbonyl (C=O) groups excluding carboxylic acids is 1. The minimum atomic E-state index is -0.100. The van der Waals surface area contributed by atoms with E-state index >= 15 is 0 Å². The van der Waals surface area contributed by atoms with Gasteiger partial charge in [-0.1, -0.05) is 26.0 Å². The van der Waals surface area contributed by atoms with Crippen LogP contribution in [-0.2, 0) is 6.42 Å². The minimum Gasteiger partial charge on any atom is -0.331 e. The Labute approximate surface area is 97.5 Å². The number of carbonyl (C=O) groups is 1. The highest BCUT2D eigenvalue weighted by atomic mass is 16.2. The van der Waals surface area contributed by atoms with Crippen molar-refractivity contribution in [3.63, 3.8) is 0 Å². The van der Waals surface area contributed by atoms with Crippen molar-refractivity contribution >= 4 is 11.7 Å². The van der Waals surface area contributed by atoms with Crippen LogP contribution in [0.15, 0.2) is 24.3 Å². The maximum absolute atomic E-state index is 11.4. The number of rotatable bonds is 3. The quantitative estimate of drug-likeness (QED) is 0.834. The molecule has 0 aromatic heterocycles. The van der Waals surface area contributed by atoms with Gasteiger partial charge in [-0.25, -0.2) is 4.79 Å². The molecule has 1 aromatic rings. The van der Waals surface area contributed by atoms with Crippen LogP contribution >= 0.6 is 0 Å². The lowest BCUT2D eigenvalue weighted by Gasteiger charge is -2.12. The van der Waals surface area contributed by atoms with Gasteiger partial charge in [0, 0.05) is 19.8 Å². The van der Waals surface area contributed by atoms with Crippen LogP contribution in [0.5, 0.6) is 0 Å². The monoisotopic (exact) mass is 220 g/mol. The van der Waals surface area contributed by atoms with Gasteiger partial charge in [-0.2, -0.15) is 0 Å². The van der Waals surface area contributed by atoms with E-state index in [9.17, 15) is 4.79 Å². The number of nitrogens with one attached hydrogen (secondary N) is 1. The Morgan fingerprint density at radius 3 is 2.25 bits per heavy atom. The standard InChI is InChI=1S/C13H20N2O/c1-10(2)9-11-5-7-12(8-6-11)14-13(16)15(3)4/h5-8,10H,9H2,1-4H3,(H,14,16). The van der Waals surface area contributed by atoms with Gasteiger partial charge in [0.05, 0.1) is 0 Å². The summed E-state index contributed by atoms with van der Waals surface area (Å²) in [6, 6.07) is 7.91. The zero-order valence-electron chi connectivity index (χ0n) is 10.4. The molecular formula is C13H20N2O. The summed E-state index contributed by atoms with van der Waals surface area (Å²) < 4.78 is 0. The Morgan fingerprint density at radius 1 is 1.25 bits per heavy atom. The fourth-order valence-corrected chi connectivity index (χ4v) is 1.43. The average Bonchev–Trinajstić information content (AvgIpc) is 2.20. The lowest BCUT2D eigenvalue weighted by molar-refractivity contribution is 0.230. The van der Waals surface area contributed by atoms with Crippen molar-refractivity contribution in [1.29, 1.82) is 0 Å². The molecule has 2 amide bonds. The van der Waals surface area contributed by atoms with E-state index in [4.69, 9.17) is 0 Å². The minimum absolute atomic E-state index is 0.100. The van der Waals surface area contributed by atoms with E-state index in [0.29, 0.717) is 5.92 Å². The summed E-state index contributed by atoms with van der Waals surface area (Å²) in [7, 11) is 3.45. The van der Waals surface area contributed by atoms with Gasteiger partial charge >= 0.3 is 6.03 Å². The van der Waals surface area contributed by atoms with Gasteiger partial charge in [0.1, 0.15) is 0 Å². The third-order valence-corrected chi connectivity index (χ3v) is 2.26. The highest BCUT2D eigenvalue weighted by Crippen LogP contribution is 2.13. The summed E-state index contributed by atoms with van der Waals surface area (Å²) in [4.78, 5) is 12.9. The van der Waals surface area contributed by atoms with Crippen LogP contribution in [0, 0.1) is 5.92 Å². The maximum Gasteiger partial charge on any atom is 0.321 e. The molecule has 0 aliphatic heterocycles. The van der Waals surface area contributed by atoms with Crippen LogP contribution in [0.3, 0.4) is 0 Å². The van der Waals surface area contributed by atoms with Gasteiger partial charge in [0.2, 0.25) is 0 Å². The number of nitrogens with zero attached hydrogens (tertiary/aromatic N) is 1. The van der Waals surface area contributed by atoms with Crippen molar-refractivity contribution in [1.82, 2.24) is 4.90 Å². The summed E-state index contributed by atoms with van der Waals surface area (Å²) in [5.74, 6) is 0.655. The maximum atomic E-state index is 11.4. The largest absolute Gasteiger partial charge is 0.331 e. The van der Waals surface area contributed by atoms with Crippen molar-refractivity contribution in [2.75, 3.05) is 19.4 Å². The van der Waals surface area contributed by atoms with Gasteiger partial charge in [0.15, 0.2) is 0 Å². The second-order valence-electron chi connectivity index (χ2n) is 4.62. The first-order chi connectivity index (χ1) is 7.49. The third-order valence-electron chi connectivity index (χ3n) is 2.26. The Bertz CT molecular complexity index is 341. The summed E-state index contributed by atoms with van der Waals surface area (Å²) in [5.41, 5.74) is 2.14. The van der Waals surface area contributed by atoms with Gasteiger partial charge in [-0.05, 0) is 30.0 Å². The molecule has 0 bridgehead atoms. The number of anilines is 1. The molecule has 0 radical (unpaired) electrons. The summed E-state index contributed by atoms with van der Waals surface area (Å²) in [5, 5.41) is 2.81. The van der Waals surface area contributed by atoms with E-state index < -0.39 is 0 Å². The lowest BCUT2D eigenvalue weighted by atomic mass is 10.0. The Kier molecular flexibility index (Phi) is 4.35. The van der Waals surface area contributed by atoms with E-state index in [0.717, 1.165) is 12.1 Å². The van der Waals surface area contributed by atoms with E-state index in [2.05, 4.69) is 31.3 Å². The topological polar surface area (TPSA) is 32.3 Å². The van der Waals surface area contributed by atoms with Crippen molar-refractivity contribution in [3.05, 3.63) is 29.8 Å². The first kappa shape index (κ1) is 12.6. The van der Waals surface area contributed by atoms with Crippen LogP contribution in [0.1, 0.15) is 19.4 Å². The molecule has 0 saturated heterocycles. The summed E-state index contributed by atoms with van der Waals surface area (Å²) >= 11 is 0. The van der Waals surface area contributed by atoms with E-state index in [-0.39, 0.29) is 6.03 Å². The van der Waals surface area contributed by atoms with Gasteiger partial charge in [-0.15, -0.1) is 0 Å². The van der Waals surface area contributed by atoms with E-state index in [1.807, 2.05) is 12.1 Å². The molecule has 0 atom stereocenters. The second-order valence-corrected chi connectivity index (χ2v) is 4.62. The van der Waals surface area contributed by atoms with Crippen molar-refractivity contribution in [2.45, 2.75) is 20.3 Å². The zero-order valence-corrected chi connectivity index (χ0v) is 10.4. The Morgan fingerprint density at radius 2 is 1.81 bits per heavy atom. The molecular weight excluding hydrogens is 200 g/mol. The normalized spacial score (nSPS) is 10.3. The van der Waals surface area contributed by atoms with Crippen LogP contribution < -0.4 is 5.32 Å². The number of urea groups is 1. The highest BCUT2D eigenvalue weighted by Gasteiger charge is 2.03. The summed E-state index contributed by atoms with van der Waals surface area (Å²) in [6.07, 6.45) is 1.07. The molecule has 1 rings (SSSR count). The molecule has 3 nitrogen and oxygen atoms in total. The third kappa shape index (κ3) is 3.93. The van der Waals surface area contributed by atoms with Gasteiger partial charge in [-0.3, -0.25) is 0 Å². The molecule has 0 fully saturated rings. The molecule has 1 N–H and O–H groups in total. The molecule has 0 aliphatic carbocycles. The van der Waals surface area contributed by atoms with Crippen molar-refractivity contribution in [3.8, 4) is 0 Å². The number of amides is 2. The highest BCUT2D eigenvalue weighted by molar-refractivity contribution is 5.88. The Balaban J connectivity index is 2.61. The second kappa shape index (κ2) is 5.54. The molecule has 1 aromatic carbocycles. The smallest absolute Gasteiger partial charge is 0.321 e. The zero-order chi connectivity index (χ0) is 12.1. The van der Waals surface area contributed by atoms with Crippen LogP contribution in [0.4, 0.5) is 10.5 Å². The van der Waals surface area contributed by atoms with Crippen molar-refractivity contribution in [2.24, 2.45) is 5.92 Å². The average molecular weight is 220 g/mol. The Hall–Kier alpha value is -1.51. The lowest BCUT2D eigenvalue weighted by Crippen LogP contribution is -2.27. The molecule has 88 valence electrons. The SMILES string of the molecule is CC(C)Cc1ccc(NC(=O)N(C)C)cc1. The molecule has 3 heteroatoms. The van der Waals surface area contributed by atoms with Crippen molar-refractivity contribution < 1.29 is 4.79 Å². The van der Waals surface area contributed by atoms with Crippen LogP contribution in [0.25, 0.3) is 0 Å². The molecule has 0 aliphatic rings. The predicted octanol–water partition coefficient (Wildman–Crippen LogP) is 2.98. The fraction of sp³-hybridized carbons (Fsp3) is 0.462. The van der Waals surface area contributed by atoms with Gasteiger partial charge < -0.3 is 10.2 Å². The first-order valence-electron chi connectivity index (χ1n) is 5.56. The van der Waals surface area contributed by atoms with E-state index in [1.54, 1.807) is 14.1 Å². The number of benzene rings is 1. The van der Waals surface area contributed by atoms with E-state index in [1.165, 1.54) is 10.5 Å². The molecule has 0 heterocycles. The number of hydrogen-bond donors (Lipinski definition) is 1. The molecule has 0 saturated carbocycles. The fourth-order valence-electron chi connectivity index (χ4n) is 1.43. The predicted molar refractivity (Wildman–Crippen MR) is 67.7 cm³/mol. The van der Waals surface area contributed by atoms with Crippen LogP contribution in [-0.4, -0.2) is 25.0 Å². The summed E-state index contributed by atoms with van der Waals surface area (Å²) in [6.45, 7) is 4.39. The number of hydrogen-bond acceptors (Lipinski definition) is 1.